The molecule has 3 atom stereocenters. The summed E-state index contributed by atoms with van der Waals surface area (Å²) in [4.78, 5) is 18.9. The van der Waals surface area contributed by atoms with Crippen molar-refractivity contribution in [2.24, 2.45) is 16.1 Å². The van der Waals surface area contributed by atoms with Gasteiger partial charge in [0, 0.05) is 18.3 Å². The average molecular weight is 423 g/mol. The Morgan fingerprint density at radius 3 is 2.55 bits per heavy atom. The minimum atomic E-state index is -1.12. The first-order valence-electron chi connectivity index (χ1n) is 10.9. The number of nitrogens with one attached hydrogen (secondary N) is 1. The molecule has 2 aliphatic rings. The van der Waals surface area contributed by atoms with Crippen LogP contribution in [0.2, 0.25) is 0 Å². The van der Waals surface area contributed by atoms with Crippen molar-refractivity contribution in [3.8, 4) is 0 Å². The van der Waals surface area contributed by atoms with Crippen molar-refractivity contribution in [2.45, 2.75) is 58.0 Å². The summed E-state index contributed by atoms with van der Waals surface area (Å²) < 4.78 is 15.1. The second-order valence-electron chi connectivity index (χ2n) is 9.39. The zero-order valence-corrected chi connectivity index (χ0v) is 18.9. The Balaban J connectivity index is 1.73. The molecule has 0 aromatic heterocycles. The fourth-order valence-electron chi connectivity index (χ4n) is 5.02. The molecule has 0 radical (unpaired) electrons. The van der Waals surface area contributed by atoms with Gasteiger partial charge in [0.2, 0.25) is 5.91 Å². The molecule has 6 heteroatoms. The summed E-state index contributed by atoms with van der Waals surface area (Å²) in [6, 6.07) is 13.7. The molecule has 3 unspecified atom stereocenters. The summed E-state index contributed by atoms with van der Waals surface area (Å²) in [5, 5.41) is 3.60. The van der Waals surface area contributed by atoms with Crippen molar-refractivity contribution in [3.05, 3.63) is 65.0 Å². The molecule has 0 saturated carbocycles. The molecular weight excluding hydrogens is 391 g/mol. The predicted octanol–water partition coefficient (Wildman–Crippen LogP) is 4.90. The third-order valence-corrected chi connectivity index (χ3v) is 7.39. The number of fused-ring (bicyclic) bond motifs is 1. The Hall–Kier alpha value is -2.89. The van der Waals surface area contributed by atoms with E-state index in [0.29, 0.717) is 11.5 Å². The number of amides is 1. The molecule has 0 fully saturated rings. The van der Waals surface area contributed by atoms with Gasteiger partial charge in [0.05, 0.1) is 11.5 Å². The molecule has 0 spiro atoms. The number of aliphatic imine (C=N–C) groups is 1. The van der Waals surface area contributed by atoms with Crippen LogP contribution in [-0.4, -0.2) is 23.8 Å². The minimum Gasteiger partial charge on any atom is -0.378 e. The number of nitrogens with zero attached hydrogens (tertiary/aromatic N) is 2. The van der Waals surface area contributed by atoms with E-state index in [4.69, 9.17) is 5.73 Å². The van der Waals surface area contributed by atoms with Crippen LogP contribution >= 0.6 is 0 Å². The van der Waals surface area contributed by atoms with Gasteiger partial charge in [0.25, 0.3) is 0 Å². The minimum absolute atomic E-state index is 0.0973. The van der Waals surface area contributed by atoms with Crippen molar-refractivity contribution in [1.29, 1.82) is 0 Å². The van der Waals surface area contributed by atoms with E-state index < -0.39 is 16.8 Å². The van der Waals surface area contributed by atoms with Gasteiger partial charge in [0.15, 0.2) is 5.96 Å². The summed E-state index contributed by atoms with van der Waals surface area (Å²) in [6.07, 6.45) is 2.08. The van der Waals surface area contributed by atoms with E-state index in [1.54, 1.807) is 40.0 Å². The molecule has 3 N–H and O–H groups in total. The summed E-state index contributed by atoms with van der Waals surface area (Å²) in [7, 11) is 1.60. The number of nitrogens with two attached hydrogens (primary N) is 1. The maximum atomic E-state index is 15.1. The number of carbonyl (C=O) groups excluding carboxylic acids is 1. The standard InChI is InChI=1S/C25H31FN4O/c1-6-15-13-21(18-10-8-7-9-17(15)18)28-16-11-12-20(26)19(14-16)25(4)24(2,3)22(31)30(5)23(27)29-25/h7-12,14-15,21,28H,6,13H2,1-5H3,(H2,27,29). The number of halogens is 1. The number of guanidine groups is 1. The molecule has 1 aliphatic carbocycles. The zero-order chi connectivity index (χ0) is 22.6. The Kier molecular flexibility index (Phi) is 5.07. The lowest BCUT2D eigenvalue weighted by molar-refractivity contribution is -0.140. The molecule has 1 aliphatic heterocycles. The van der Waals surface area contributed by atoms with Crippen molar-refractivity contribution in [2.75, 3.05) is 12.4 Å². The molecule has 0 bridgehead atoms. The van der Waals surface area contributed by atoms with E-state index in [9.17, 15) is 4.79 Å². The topological polar surface area (TPSA) is 70.7 Å². The second-order valence-corrected chi connectivity index (χ2v) is 9.39. The Morgan fingerprint density at radius 2 is 1.87 bits per heavy atom. The SMILES string of the molecule is CCC1CC(Nc2ccc(F)c(C3(C)N=C(N)N(C)C(=O)C3(C)C)c2)c2ccccc21. The van der Waals surface area contributed by atoms with E-state index in [2.05, 4.69) is 41.5 Å². The molecular formula is C25H31FN4O. The quantitative estimate of drug-likeness (QED) is 0.736. The van der Waals surface area contributed by atoms with Crippen molar-refractivity contribution in [3.63, 3.8) is 0 Å². The van der Waals surface area contributed by atoms with E-state index in [-0.39, 0.29) is 17.9 Å². The fraction of sp³-hybridized carbons (Fsp3) is 0.440. The fourth-order valence-corrected chi connectivity index (χ4v) is 5.02. The molecule has 164 valence electrons. The molecule has 1 heterocycles. The Bertz CT molecular complexity index is 1060. The first-order chi connectivity index (χ1) is 14.6. The number of benzene rings is 2. The highest BCUT2D eigenvalue weighted by atomic mass is 19.1. The maximum Gasteiger partial charge on any atom is 0.237 e. The highest BCUT2D eigenvalue weighted by Crippen LogP contribution is 2.48. The first-order valence-corrected chi connectivity index (χ1v) is 10.9. The summed E-state index contributed by atoms with van der Waals surface area (Å²) in [5.74, 6) is 0.0325. The molecule has 2 aromatic carbocycles. The van der Waals surface area contributed by atoms with Crippen LogP contribution < -0.4 is 11.1 Å². The second kappa shape index (κ2) is 7.36. The lowest BCUT2D eigenvalue weighted by Gasteiger charge is -2.46. The Morgan fingerprint density at radius 1 is 1.19 bits per heavy atom. The first kappa shape index (κ1) is 21.3. The van der Waals surface area contributed by atoms with Crippen LogP contribution in [0.15, 0.2) is 47.5 Å². The number of hydrogen-bond donors (Lipinski definition) is 2. The zero-order valence-electron chi connectivity index (χ0n) is 18.9. The van der Waals surface area contributed by atoms with E-state index >= 15 is 4.39 Å². The highest BCUT2D eigenvalue weighted by Gasteiger charge is 2.53. The van der Waals surface area contributed by atoms with Crippen LogP contribution in [0.3, 0.4) is 0 Å². The van der Waals surface area contributed by atoms with Crippen molar-refractivity contribution in [1.82, 2.24) is 4.90 Å². The van der Waals surface area contributed by atoms with Crippen LogP contribution in [0.25, 0.3) is 0 Å². The van der Waals surface area contributed by atoms with Gasteiger partial charge in [-0.1, -0.05) is 31.2 Å². The normalized spacial score (nSPS) is 27.1. The van der Waals surface area contributed by atoms with Crippen LogP contribution in [-0.2, 0) is 10.3 Å². The number of anilines is 1. The average Bonchev–Trinajstić information content (AvgIpc) is 3.10. The largest absolute Gasteiger partial charge is 0.378 e. The van der Waals surface area contributed by atoms with Gasteiger partial charge in [-0.05, 0) is 68.9 Å². The van der Waals surface area contributed by atoms with Gasteiger partial charge < -0.3 is 11.1 Å². The van der Waals surface area contributed by atoms with Crippen molar-refractivity contribution < 1.29 is 9.18 Å². The van der Waals surface area contributed by atoms with Gasteiger partial charge in [-0.25, -0.2) is 9.38 Å². The molecule has 1 amide bonds. The van der Waals surface area contributed by atoms with Gasteiger partial charge in [-0.15, -0.1) is 0 Å². The lowest BCUT2D eigenvalue weighted by Crippen LogP contribution is -2.58. The predicted molar refractivity (Wildman–Crippen MR) is 122 cm³/mol. The Labute approximate surface area is 183 Å². The number of hydrogen-bond acceptors (Lipinski definition) is 4. The third kappa shape index (κ3) is 3.20. The monoisotopic (exact) mass is 422 g/mol. The molecule has 0 saturated heterocycles. The number of carbonyl (C=O) groups is 1. The summed E-state index contributed by atoms with van der Waals surface area (Å²) in [6.45, 7) is 7.58. The lowest BCUT2D eigenvalue weighted by atomic mass is 9.67. The maximum absolute atomic E-state index is 15.1. The van der Waals surface area contributed by atoms with E-state index in [0.717, 1.165) is 18.5 Å². The smallest absolute Gasteiger partial charge is 0.237 e. The van der Waals surface area contributed by atoms with Crippen LogP contribution in [0, 0.1) is 11.2 Å². The van der Waals surface area contributed by atoms with Gasteiger partial charge in [-0.3, -0.25) is 9.69 Å². The van der Waals surface area contributed by atoms with E-state index in [1.165, 1.54) is 22.1 Å². The molecule has 5 nitrogen and oxygen atoms in total. The van der Waals surface area contributed by atoms with E-state index in [1.807, 2.05) is 0 Å². The molecule has 2 aromatic rings. The molecule has 4 rings (SSSR count). The number of rotatable bonds is 4. The highest BCUT2D eigenvalue weighted by molar-refractivity contribution is 6.01. The van der Waals surface area contributed by atoms with Crippen LogP contribution in [0.5, 0.6) is 0 Å². The van der Waals surface area contributed by atoms with Crippen LogP contribution in [0.1, 0.15) is 69.2 Å². The van der Waals surface area contributed by atoms with Crippen LogP contribution in [0.4, 0.5) is 10.1 Å². The molecule has 31 heavy (non-hydrogen) atoms. The summed E-state index contributed by atoms with van der Waals surface area (Å²) in [5.41, 5.74) is 7.80. The van der Waals surface area contributed by atoms with Crippen molar-refractivity contribution >= 4 is 17.6 Å². The third-order valence-electron chi connectivity index (χ3n) is 7.39. The van der Waals surface area contributed by atoms with Gasteiger partial charge in [-0.2, -0.15) is 0 Å². The van der Waals surface area contributed by atoms with Gasteiger partial charge >= 0.3 is 0 Å². The summed E-state index contributed by atoms with van der Waals surface area (Å²) >= 11 is 0. The van der Waals surface area contributed by atoms with Gasteiger partial charge in [0.1, 0.15) is 11.4 Å².